The number of halogens is 3. The molecule has 0 aromatic carbocycles. The Kier molecular flexibility index (Phi) is 6.08. The van der Waals surface area contributed by atoms with Crippen molar-refractivity contribution in [2.75, 3.05) is 6.54 Å². The van der Waals surface area contributed by atoms with Crippen LogP contribution < -0.4 is 5.73 Å². The molecule has 1 rings (SSSR count). The fourth-order valence-corrected chi connectivity index (χ4v) is 3.36. The van der Waals surface area contributed by atoms with Gasteiger partial charge in [-0.1, -0.05) is 33.6 Å². The van der Waals surface area contributed by atoms with Gasteiger partial charge in [-0.25, -0.2) is 0 Å². The lowest BCUT2D eigenvalue weighted by atomic mass is 9.76. The van der Waals surface area contributed by atoms with Gasteiger partial charge in [-0.05, 0) is 31.6 Å². The molecule has 1 aliphatic carbocycles. The van der Waals surface area contributed by atoms with Crippen LogP contribution in [0.15, 0.2) is 0 Å². The topological polar surface area (TPSA) is 46.3 Å². The number of nitrogens with two attached hydrogens (primary N) is 1. The Morgan fingerprint density at radius 2 is 1.95 bits per heavy atom. The Bertz CT molecular complexity index is 355. The van der Waals surface area contributed by atoms with Gasteiger partial charge in [-0.2, -0.15) is 13.2 Å². The highest BCUT2D eigenvalue weighted by molar-refractivity contribution is 5.86. The van der Waals surface area contributed by atoms with E-state index in [-0.39, 0.29) is 5.92 Å². The first kappa shape index (κ1) is 18.3. The number of nitrogens with zero attached hydrogens (tertiary/aromatic N) is 1. The molecule has 0 radical (unpaired) electrons. The summed E-state index contributed by atoms with van der Waals surface area (Å²) < 4.78 is 38.5. The van der Waals surface area contributed by atoms with E-state index in [1.165, 1.54) is 0 Å². The smallest absolute Gasteiger partial charge is 0.329 e. The van der Waals surface area contributed by atoms with Crippen LogP contribution in [0, 0.1) is 5.92 Å². The lowest BCUT2D eigenvalue weighted by Gasteiger charge is -2.42. The average molecular weight is 308 g/mol. The van der Waals surface area contributed by atoms with Gasteiger partial charge in [0, 0.05) is 6.04 Å². The zero-order valence-electron chi connectivity index (χ0n) is 13.2. The summed E-state index contributed by atoms with van der Waals surface area (Å²) in [5.41, 5.74) is 5.07. The zero-order valence-corrected chi connectivity index (χ0v) is 13.2. The van der Waals surface area contributed by atoms with Crippen molar-refractivity contribution in [3.63, 3.8) is 0 Å². The highest BCUT2D eigenvalue weighted by atomic mass is 19.4. The van der Waals surface area contributed by atoms with Crippen molar-refractivity contribution < 1.29 is 18.0 Å². The van der Waals surface area contributed by atoms with Gasteiger partial charge in [0.05, 0.1) is 5.54 Å². The molecule has 2 atom stereocenters. The van der Waals surface area contributed by atoms with E-state index >= 15 is 0 Å². The lowest BCUT2D eigenvalue weighted by Crippen LogP contribution is -2.60. The van der Waals surface area contributed by atoms with Crippen LogP contribution in [0.25, 0.3) is 0 Å². The highest BCUT2D eigenvalue weighted by Gasteiger charge is 2.45. The summed E-state index contributed by atoms with van der Waals surface area (Å²) in [5, 5.41) is 0. The van der Waals surface area contributed by atoms with Gasteiger partial charge in [0.2, 0.25) is 5.91 Å². The fourth-order valence-electron chi connectivity index (χ4n) is 3.36. The minimum Gasteiger partial charge on any atom is -0.329 e. The summed E-state index contributed by atoms with van der Waals surface area (Å²) in [4.78, 5) is 13.7. The van der Waals surface area contributed by atoms with Crippen molar-refractivity contribution in [1.82, 2.24) is 4.90 Å². The largest absolute Gasteiger partial charge is 0.406 e. The first-order valence-corrected chi connectivity index (χ1v) is 7.79. The van der Waals surface area contributed by atoms with E-state index in [1.807, 2.05) is 6.92 Å². The number of carbonyl (C=O) groups is 1. The van der Waals surface area contributed by atoms with E-state index in [2.05, 4.69) is 0 Å². The Morgan fingerprint density at radius 1 is 1.38 bits per heavy atom. The maximum absolute atomic E-state index is 12.8. The number of amides is 1. The van der Waals surface area contributed by atoms with E-state index in [0.29, 0.717) is 25.7 Å². The molecule has 6 heteroatoms. The summed E-state index contributed by atoms with van der Waals surface area (Å²) in [7, 11) is 0. The molecule has 1 aliphatic rings. The Labute approximate surface area is 125 Å². The molecule has 1 saturated carbocycles. The molecular formula is C15H27F3N2O. The fraction of sp³-hybridized carbons (Fsp3) is 0.933. The van der Waals surface area contributed by atoms with Crippen molar-refractivity contribution >= 4 is 5.91 Å². The summed E-state index contributed by atoms with van der Waals surface area (Å²) in [6, 6.07) is -0.406. The SMILES string of the molecule is CCC(CC)N(CC(F)(F)F)C(=O)C1(N)CCCC(C)C1. The molecule has 2 N–H and O–H groups in total. The normalized spacial score (nSPS) is 27.0. The van der Waals surface area contributed by atoms with E-state index in [0.717, 1.165) is 17.7 Å². The maximum Gasteiger partial charge on any atom is 0.406 e. The number of carbonyl (C=O) groups excluding carboxylic acids is 1. The van der Waals surface area contributed by atoms with E-state index in [1.54, 1.807) is 13.8 Å². The van der Waals surface area contributed by atoms with Gasteiger partial charge in [-0.3, -0.25) is 4.79 Å². The van der Waals surface area contributed by atoms with Gasteiger partial charge in [-0.15, -0.1) is 0 Å². The second-order valence-corrected chi connectivity index (χ2v) is 6.38. The van der Waals surface area contributed by atoms with Crippen molar-refractivity contribution in [2.24, 2.45) is 11.7 Å². The third-order valence-electron chi connectivity index (χ3n) is 4.45. The van der Waals surface area contributed by atoms with Crippen molar-refractivity contribution in [1.29, 1.82) is 0 Å². The molecule has 21 heavy (non-hydrogen) atoms. The third kappa shape index (κ3) is 4.87. The number of rotatable bonds is 5. The van der Waals surface area contributed by atoms with Crippen LogP contribution in [0.1, 0.15) is 59.3 Å². The summed E-state index contributed by atoms with van der Waals surface area (Å²) in [6.07, 6.45) is -0.656. The molecule has 2 unspecified atom stereocenters. The number of hydrogen-bond donors (Lipinski definition) is 1. The van der Waals surface area contributed by atoms with Crippen molar-refractivity contribution in [2.45, 2.75) is 77.1 Å². The molecule has 0 aromatic heterocycles. The van der Waals surface area contributed by atoms with Gasteiger partial charge >= 0.3 is 6.18 Å². The molecule has 0 saturated heterocycles. The minimum absolute atomic E-state index is 0.280. The predicted octanol–water partition coefficient (Wildman–Crippen LogP) is 3.47. The monoisotopic (exact) mass is 308 g/mol. The van der Waals surface area contributed by atoms with Gasteiger partial charge < -0.3 is 10.6 Å². The third-order valence-corrected chi connectivity index (χ3v) is 4.45. The Hall–Kier alpha value is -0.780. The summed E-state index contributed by atoms with van der Waals surface area (Å²) >= 11 is 0. The van der Waals surface area contributed by atoms with Crippen LogP contribution in [0.4, 0.5) is 13.2 Å². The van der Waals surface area contributed by atoms with Crippen LogP contribution in [0.3, 0.4) is 0 Å². The maximum atomic E-state index is 12.8. The quantitative estimate of drug-likeness (QED) is 0.845. The molecule has 0 aliphatic heterocycles. The van der Waals surface area contributed by atoms with Crippen molar-refractivity contribution in [3.8, 4) is 0 Å². The molecule has 124 valence electrons. The molecule has 0 spiro atoms. The standard InChI is InChI=1S/C15H27F3N2O/c1-4-12(5-2)20(10-15(16,17)18)13(21)14(19)8-6-7-11(3)9-14/h11-12H,4-10,19H2,1-3H3. The van der Waals surface area contributed by atoms with Crippen molar-refractivity contribution in [3.05, 3.63) is 0 Å². The molecule has 1 amide bonds. The highest BCUT2D eigenvalue weighted by Crippen LogP contribution is 2.33. The molecule has 0 aromatic rings. The molecule has 0 bridgehead atoms. The van der Waals surface area contributed by atoms with Gasteiger partial charge in [0.1, 0.15) is 6.54 Å². The van der Waals surface area contributed by atoms with Crippen LogP contribution in [0.5, 0.6) is 0 Å². The first-order chi connectivity index (χ1) is 9.63. The van der Waals surface area contributed by atoms with Crippen LogP contribution in [0.2, 0.25) is 0 Å². The van der Waals surface area contributed by atoms with Crippen LogP contribution >= 0.6 is 0 Å². The second-order valence-electron chi connectivity index (χ2n) is 6.38. The Morgan fingerprint density at radius 3 is 2.38 bits per heavy atom. The van der Waals surface area contributed by atoms with Gasteiger partial charge in [0.15, 0.2) is 0 Å². The molecule has 0 heterocycles. The van der Waals surface area contributed by atoms with E-state index < -0.39 is 30.2 Å². The summed E-state index contributed by atoms with van der Waals surface area (Å²) in [5.74, 6) is -0.248. The average Bonchev–Trinajstić information content (AvgIpc) is 2.36. The number of hydrogen-bond acceptors (Lipinski definition) is 2. The van der Waals surface area contributed by atoms with E-state index in [9.17, 15) is 18.0 Å². The van der Waals surface area contributed by atoms with E-state index in [4.69, 9.17) is 5.73 Å². The number of alkyl halides is 3. The van der Waals surface area contributed by atoms with Crippen LogP contribution in [-0.4, -0.2) is 35.1 Å². The lowest BCUT2D eigenvalue weighted by molar-refractivity contribution is -0.170. The first-order valence-electron chi connectivity index (χ1n) is 7.79. The van der Waals surface area contributed by atoms with Crippen LogP contribution in [-0.2, 0) is 4.79 Å². The minimum atomic E-state index is -4.39. The summed E-state index contributed by atoms with van der Waals surface area (Å²) in [6.45, 7) is 4.40. The predicted molar refractivity (Wildman–Crippen MR) is 76.7 cm³/mol. The second kappa shape index (κ2) is 6.99. The van der Waals surface area contributed by atoms with Gasteiger partial charge in [0.25, 0.3) is 0 Å². The Balaban J connectivity index is 2.98. The zero-order chi connectivity index (χ0) is 16.3. The molecule has 3 nitrogen and oxygen atoms in total. The molecule has 1 fully saturated rings. The molecular weight excluding hydrogens is 281 g/mol.